The molecule has 47 heavy (non-hydrogen) atoms. The summed E-state index contributed by atoms with van der Waals surface area (Å²) >= 11 is 0. The first-order chi connectivity index (χ1) is 21.9. The number of hydrogen-bond acceptors (Lipinski definition) is 11. The number of carbonyl (C=O) groups is 4. The molecule has 4 bridgehead atoms. The van der Waals surface area contributed by atoms with Gasteiger partial charge in [-0.15, -0.1) is 0 Å². The minimum atomic E-state index is -1.44. The Morgan fingerprint density at radius 1 is 0.681 bits per heavy atom. The number of phenolic OH excluding ortho intramolecular Hbond substituents is 2. The summed E-state index contributed by atoms with van der Waals surface area (Å²) in [6.45, 7) is 9.49. The van der Waals surface area contributed by atoms with Gasteiger partial charge in [0.05, 0.1) is 53.4 Å². The molecule has 0 saturated heterocycles. The van der Waals surface area contributed by atoms with Crippen molar-refractivity contribution in [1.29, 1.82) is 0 Å². The SMILES string of the molecule is CC1=C2NC(=O)C=CC=C[C@H](C)[C@H](O)[C@@H](C)[C@@H](O)[C@@H](C)[C@H](O)[C@H](C)[C@@H](O)[C@@H](CO)/C=C(\C)C(=O)c3c(O)c(C)c(O)c(c3C1=O)C2=O. The summed E-state index contributed by atoms with van der Waals surface area (Å²) in [4.78, 5) is 53.9. The molecule has 256 valence electrons. The van der Waals surface area contributed by atoms with E-state index < -0.39 is 118 Å². The van der Waals surface area contributed by atoms with Crippen LogP contribution in [0.15, 0.2) is 47.2 Å². The molecular formula is C35H45NO11. The van der Waals surface area contributed by atoms with E-state index in [9.17, 15) is 54.9 Å². The first-order valence-corrected chi connectivity index (χ1v) is 15.5. The Hall–Kier alpha value is -3.94. The number of Topliss-reactive ketones (excluding diaryl/α,β-unsaturated/α-hetero) is 3. The smallest absolute Gasteiger partial charge is 0.248 e. The van der Waals surface area contributed by atoms with E-state index in [2.05, 4.69) is 5.32 Å². The quantitative estimate of drug-likeness (QED) is 0.219. The van der Waals surface area contributed by atoms with Gasteiger partial charge in [0, 0.05) is 46.8 Å². The van der Waals surface area contributed by atoms with Crippen LogP contribution in [0.4, 0.5) is 0 Å². The maximum Gasteiger partial charge on any atom is 0.248 e. The van der Waals surface area contributed by atoms with Crippen LogP contribution in [0, 0.1) is 36.5 Å². The maximum atomic E-state index is 13.8. The molecule has 2 aliphatic heterocycles. The second-order valence-corrected chi connectivity index (χ2v) is 12.8. The molecule has 3 aliphatic rings. The summed E-state index contributed by atoms with van der Waals surface area (Å²) in [6, 6.07) is 0. The predicted octanol–water partition coefficient (Wildman–Crippen LogP) is 2.03. The van der Waals surface area contributed by atoms with Gasteiger partial charge in [-0.25, -0.2) is 0 Å². The number of carbonyl (C=O) groups excluding carboxylic acids is 4. The number of benzene rings is 1. The molecule has 0 saturated carbocycles. The van der Waals surface area contributed by atoms with Crippen molar-refractivity contribution in [3.63, 3.8) is 0 Å². The van der Waals surface area contributed by atoms with Crippen molar-refractivity contribution in [3.05, 3.63) is 69.5 Å². The summed E-state index contributed by atoms with van der Waals surface area (Å²) in [6.07, 6.45) is 1.66. The molecule has 12 nitrogen and oxygen atoms in total. The molecule has 0 aromatic heterocycles. The first-order valence-electron chi connectivity index (χ1n) is 15.5. The van der Waals surface area contributed by atoms with E-state index in [1.807, 2.05) is 0 Å². The van der Waals surface area contributed by atoms with E-state index in [0.717, 1.165) is 6.08 Å². The minimum absolute atomic E-state index is 0.136. The Kier molecular flexibility index (Phi) is 11.9. The normalized spacial score (nSPS) is 32.8. The van der Waals surface area contributed by atoms with Gasteiger partial charge >= 0.3 is 0 Å². The van der Waals surface area contributed by atoms with Gasteiger partial charge < -0.3 is 41.1 Å². The Labute approximate surface area is 273 Å². The van der Waals surface area contributed by atoms with Crippen molar-refractivity contribution in [1.82, 2.24) is 5.32 Å². The zero-order valence-corrected chi connectivity index (χ0v) is 27.6. The number of rotatable bonds is 1. The highest BCUT2D eigenvalue weighted by molar-refractivity contribution is 6.32. The van der Waals surface area contributed by atoms with Crippen LogP contribution in [0.25, 0.3) is 0 Å². The lowest BCUT2D eigenvalue weighted by molar-refractivity contribution is -0.115. The topological polar surface area (TPSA) is 222 Å². The van der Waals surface area contributed by atoms with Crippen LogP contribution >= 0.6 is 0 Å². The molecule has 8 N–H and O–H groups in total. The van der Waals surface area contributed by atoms with Crippen LogP contribution in [-0.4, -0.2) is 90.0 Å². The molecule has 1 aromatic rings. The molecule has 12 heteroatoms. The van der Waals surface area contributed by atoms with Crippen molar-refractivity contribution in [2.75, 3.05) is 6.61 Å². The third-order valence-corrected chi connectivity index (χ3v) is 9.57. The molecule has 1 aliphatic carbocycles. The molecular weight excluding hydrogens is 610 g/mol. The number of aliphatic hydroxyl groups is 5. The van der Waals surface area contributed by atoms with Crippen molar-refractivity contribution in [2.45, 2.75) is 72.9 Å². The van der Waals surface area contributed by atoms with Crippen LogP contribution in [0.2, 0.25) is 0 Å². The number of aromatic hydroxyl groups is 2. The number of nitrogens with one attached hydrogen (secondary N) is 1. The van der Waals surface area contributed by atoms with Crippen LogP contribution in [0.5, 0.6) is 11.5 Å². The van der Waals surface area contributed by atoms with Crippen LogP contribution in [-0.2, 0) is 4.79 Å². The van der Waals surface area contributed by atoms with Crippen LogP contribution in [0.3, 0.4) is 0 Å². The second-order valence-electron chi connectivity index (χ2n) is 12.8. The molecule has 4 rings (SSSR count). The fourth-order valence-corrected chi connectivity index (χ4v) is 6.21. The zero-order chi connectivity index (χ0) is 35.7. The molecule has 1 aromatic carbocycles. The highest BCUT2D eigenvalue weighted by Gasteiger charge is 2.41. The number of ketones is 3. The summed E-state index contributed by atoms with van der Waals surface area (Å²) in [5.74, 6) is -9.26. The minimum Gasteiger partial charge on any atom is -0.507 e. The van der Waals surface area contributed by atoms with Crippen molar-refractivity contribution in [3.8, 4) is 11.5 Å². The van der Waals surface area contributed by atoms with E-state index in [4.69, 9.17) is 0 Å². The number of phenols is 2. The van der Waals surface area contributed by atoms with Crippen LogP contribution < -0.4 is 5.32 Å². The van der Waals surface area contributed by atoms with E-state index in [-0.39, 0.29) is 16.7 Å². The Morgan fingerprint density at radius 3 is 1.74 bits per heavy atom. The van der Waals surface area contributed by atoms with Gasteiger partial charge in [0.2, 0.25) is 11.7 Å². The van der Waals surface area contributed by atoms with E-state index in [1.54, 1.807) is 26.8 Å². The van der Waals surface area contributed by atoms with Crippen molar-refractivity contribution >= 4 is 23.3 Å². The Bertz CT molecular complexity index is 1570. The van der Waals surface area contributed by atoms with Crippen molar-refractivity contribution in [2.24, 2.45) is 29.6 Å². The average Bonchev–Trinajstić information content (AvgIpc) is 3.05. The fraction of sp³-hybridized carbons (Fsp3) is 0.486. The van der Waals surface area contributed by atoms with Gasteiger partial charge in [0.1, 0.15) is 11.5 Å². The average molecular weight is 656 g/mol. The predicted molar refractivity (Wildman–Crippen MR) is 172 cm³/mol. The number of hydrogen-bond donors (Lipinski definition) is 8. The van der Waals surface area contributed by atoms with E-state index in [0.29, 0.717) is 0 Å². The highest BCUT2D eigenvalue weighted by Crippen LogP contribution is 2.43. The summed E-state index contributed by atoms with van der Waals surface area (Å²) in [5, 5.41) is 78.7. The number of aliphatic hydroxyl groups excluding tert-OH is 5. The third-order valence-electron chi connectivity index (χ3n) is 9.57. The summed E-state index contributed by atoms with van der Waals surface area (Å²) in [7, 11) is 0. The number of amides is 1. The van der Waals surface area contributed by atoms with Gasteiger partial charge in [-0.1, -0.05) is 52.0 Å². The lowest BCUT2D eigenvalue weighted by Crippen LogP contribution is -2.46. The fourth-order valence-electron chi connectivity index (χ4n) is 6.21. The Morgan fingerprint density at radius 2 is 1.19 bits per heavy atom. The molecule has 0 radical (unpaired) electrons. The standard InChI is InChI=1S/C35H45NO11/c1-14-10-8-9-11-22(38)36-26-16(3)32(44)23-24(33(45)20(7)34(46)25(23)35(26)47)28(40)15(2)12-21(13-37)31(43)19(6)30(42)18(5)29(41)17(4)27(14)39/h8-12,14,17-19,21,27,29-31,37,39,41-43,45-46H,13H2,1-7H3,(H,36,38)/b10-8?,11-9?,15-12+/t14-,17+,18+,19-,21+,27-,29+,30-,31+/m0/s1. The molecule has 0 spiro atoms. The van der Waals surface area contributed by atoms with E-state index in [1.165, 1.54) is 45.9 Å². The van der Waals surface area contributed by atoms with Gasteiger partial charge in [-0.05, 0) is 26.3 Å². The van der Waals surface area contributed by atoms with Gasteiger partial charge in [-0.2, -0.15) is 0 Å². The maximum absolute atomic E-state index is 13.8. The Balaban J connectivity index is 2.24. The third kappa shape index (κ3) is 7.16. The van der Waals surface area contributed by atoms with Crippen LogP contribution in [0.1, 0.15) is 78.2 Å². The molecule has 1 amide bonds. The first kappa shape index (κ1) is 37.5. The van der Waals surface area contributed by atoms with Crippen molar-refractivity contribution < 1.29 is 54.9 Å². The lowest BCUT2D eigenvalue weighted by Gasteiger charge is -2.37. The highest BCUT2D eigenvalue weighted by atomic mass is 16.3. The van der Waals surface area contributed by atoms with Gasteiger partial charge in [0.15, 0.2) is 11.6 Å². The summed E-state index contributed by atoms with van der Waals surface area (Å²) < 4.78 is 0. The molecule has 0 unspecified atom stereocenters. The van der Waals surface area contributed by atoms with Gasteiger partial charge in [0.25, 0.3) is 0 Å². The number of fused-ring (bicyclic) bond motifs is 15. The lowest BCUT2D eigenvalue weighted by atomic mass is 9.76. The monoisotopic (exact) mass is 655 g/mol. The largest absolute Gasteiger partial charge is 0.507 e. The molecule has 9 atom stereocenters. The molecule has 0 fully saturated rings. The zero-order valence-electron chi connectivity index (χ0n) is 27.6. The van der Waals surface area contributed by atoms with Gasteiger partial charge in [-0.3, -0.25) is 19.2 Å². The number of allylic oxidation sites excluding steroid dienone is 5. The molecule has 2 heterocycles. The van der Waals surface area contributed by atoms with E-state index >= 15 is 0 Å². The second kappa shape index (κ2) is 14.9. The summed E-state index contributed by atoms with van der Waals surface area (Å²) in [5.41, 5.74) is -2.80.